The third-order valence-electron chi connectivity index (χ3n) is 2.09. The predicted molar refractivity (Wildman–Crippen MR) is 62.8 cm³/mol. The van der Waals surface area contributed by atoms with E-state index in [0.717, 1.165) is 10.6 Å². The number of nitrogens with one attached hydrogen (secondary N) is 1. The van der Waals surface area contributed by atoms with Gasteiger partial charge in [0.1, 0.15) is 11.9 Å². The van der Waals surface area contributed by atoms with Crippen LogP contribution in [-0.4, -0.2) is 0 Å². The van der Waals surface area contributed by atoms with E-state index in [2.05, 4.69) is 11.4 Å². The van der Waals surface area contributed by atoms with E-state index >= 15 is 0 Å². The van der Waals surface area contributed by atoms with Gasteiger partial charge in [-0.05, 0) is 30.3 Å². The van der Waals surface area contributed by atoms with E-state index in [1.807, 2.05) is 11.4 Å². The zero-order valence-corrected chi connectivity index (χ0v) is 9.22. The van der Waals surface area contributed by atoms with Crippen molar-refractivity contribution in [3.63, 3.8) is 0 Å². The first kappa shape index (κ1) is 10.7. The Hall–Kier alpha value is -1.86. The Morgan fingerprint density at radius 1 is 1.31 bits per heavy atom. The molecule has 1 aromatic heterocycles. The smallest absolute Gasteiger partial charge is 0.123 e. The summed E-state index contributed by atoms with van der Waals surface area (Å²) in [5.74, 6) is -0.242. The number of rotatable bonds is 3. The molecule has 0 aliphatic heterocycles. The second-order valence-electron chi connectivity index (χ2n) is 3.27. The van der Waals surface area contributed by atoms with E-state index in [1.165, 1.54) is 23.5 Å². The normalized spacial score (nSPS) is 9.75. The molecule has 0 fully saturated rings. The summed E-state index contributed by atoms with van der Waals surface area (Å²) in [6.07, 6.45) is 0. The third-order valence-corrected chi connectivity index (χ3v) is 3.03. The Bertz CT molecular complexity index is 511. The van der Waals surface area contributed by atoms with Gasteiger partial charge in [-0.1, -0.05) is 0 Å². The molecule has 16 heavy (non-hydrogen) atoms. The van der Waals surface area contributed by atoms with Crippen LogP contribution in [0.15, 0.2) is 35.7 Å². The number of thiophene rings is 1. The molecule has 80 valence electrons. The van der Waals surface area contributed by atoms with Crippen molar-refractivity contribution in [1.82, 2.24) is 0 Å². The minimum atomic E-state index is -0.242. The highest BCUT2D eigenvalue weighted by Crippen LogP contribution is 2.16. The van der Waals surface area contributed by atoms with Crippen LogP contribution in [-0.2, 0) is 6.54 Å². The summed E-state index contributed by atoms with van der Waals surface area (Å²) in [7, 11) is 0. The van der Waals surface area contributed by atoms with E-state index in [9.17, 15) is 4.39 Å². The van der Waals surface area contributed by atoms with Crippen molar-refractivity contribution < 1.29 is 4.39 Å². The fourth-order valence-electron chi connectivity index (χ4n) is 1.29. The highest BCUT2D eigenvalue weighted by Gasteiger charge is 1.99. The van der Waals surface area contributed by atoms with Crippen molar-refractivity contribution in [3.8, 4) is 6.07 Å². The molecule has 0 aliphatic carbocycles. The van der Waals surface area contributed by atoms with Gasteiger partial charge in [0, 0.05) is 22.5 Å². The van der Waals surface area contributed by atoms with Crippen LogP contribution in [0.4, 0.5) is 10.1 Å². The molecule has 1 heterocycles. The second-order valence-corrected chi connectivity index (χ2v) is 4.27. The van der Waals surface area contributed by atoms with Gasteiger partial charge in [-0.2, -0.15) is 5.26 Å². The van der Waals surface area contributed by atoms with Crippen LogP contribution in [0, 0.1) is 17.1 Å². The molecule has 0 unspecified atom stereocenters. The molecule has 2 rings (SSSR count). The molecular weight excluding hydrogens is 223 g/mol. The maximum Gasteiger partial charge on any atom is 0.123 e. The molecule has 4 heteroatoms. The van der Waals surface area contributed by atoms with Crippen LogP contribution in [0.5, 0.6) is 0 Å². The molecular formula is C12H9FN2S. The molecule has 0 saturated heterocycles. The Morgan fingerprint density at radius 2 is 2.06 bits per heavy atom. The van der Waals surface area contributed by atoms with Gasteiger partial charge in [-0.15, -0.1) is 11.3 Å². The number of benzene rings is 1. The molecule has 2 nitrogen and oxygen atoms in total. The molecule has 0 saturated carbocycles. The van der Waals surface area contributed by atoms with Crippen LogP contribution < -0.4 is 5.32 Å². The van der Waals surface area contributed by atoms with Crippen LogP contribution in [0.1, 0.15) is 10.4 Å². The summed E-state index contributed by atoms with van der Waals surface area (Å²) < 4.78 is 12.6. The standard InChI is InChI=1S/C12H9FN2S/c13-10-1-3-11(4-2-10)15-7-12-5-9(6-14)8-16-12/h1-5,8,15H,7H2. The molecule has 0 atom stereocenters. The van der Waals surface area contributed by atoms with Crippen LogP contribution in [0.2, 0.25) is 0 Å². The lowest BCUT2D eigenvalue weighted by atomic mass is 10.3. The molecule has 1 N–H and O–H groups in total. The van der Waals surface area contributed by atoms with Gasteiger partial charge in [-0.3, -0.25) is 0 Å². The SMILES string of the molecule is N#Cc1csc(CNc2ccc(F)cc2)c1. The minimum Gasteiger partial charge on any atom is -0.380 e. The van der Waals surface area contributed by atoms with E-state index in [1.54, 1.807) is 12.1 Å². The third kappa shape index (κ3) is 2.59. The van der Waals surface area contributed by atoms with Crippen molar-refractivity contribution in [2.24, 2.45) is 0 Å². The molecule has 2 aromatic rings. The average Bonchev–Trinajstić information content (AvgIpc) is 2.76. The monoisotopic (exact) mass is 232 g/mol. The number of nitrogens with zero attached hydrogens (tertiary/aromatic N) is 1. The largest absolute Gasteiger partial charge is 0.380 e. The van der Waals surface area contributed by atoms with Crippen LogP contribution >= 0.6 is 11.3 Å². The highest BCUT2D eigenvalue weighted by atomic mass is 32.1. The predicted octanol–water partition coefficient (Wildman–Crippen LogP) is 3.37. The van der Waals surface area contributed by atoms with Gasteiger partial charge in [0.15, 0.2) is 0 Å². The molecule has 1 aromatic carbocycles. The summed E-state index contributed by atoms with van der Waals surface area (Å²) in [4.78, 5) is 1.08. The number of nitriles is 1. The number of halogens is 1. The zero-order valence-electron chi connectivity index (χ0n) is 8.40. The Morgan fingerprint density at radius 3 is 2.69 bits per heavy atom. The van der Waals surface area contributed by atoms with Gasteiger partial charge in [0.2, 0.25) is 0 Å². The maximum absolute atomic E-state index is 12.6. The Labute approximate surface area is 97.0 Å². The zero-order chi connectivity index (χ0) is 11.4. The van der Waals surface area contributed by atoms with Crippen molar-refractivity contribution >= 4 is 17.0 Å². The van der Waals surface area contributed by atoms with Crippen molar-refractivity contribution in [2.75, 3.05) is 5.32 Å². The summed E-state index contributed by atoms with van der Waals surface area (Å²) in [6, 6.07) is 10.1. The van der Waals surface area contributed by atoms with E-state index in [-0.39, 0.29) is 5.82 Å². The first-order valence-corrected chi connectivity index (χ1v) is 5.63. The lowest BCUT2D eigenvalue weighted by Crippen LogP contribution is -1.96. The highest BCUT2D eigenvalue weighted by molar-refractivity contribution is 7.10. The topological polar surface area (TPSA) is 35.8 Å². The van der Waals surface area contributed by atoms with E-state index < -0.39 is 0 Å². The van der Waals surface area contributed by atoms with Crippen molar-refractivity contribution in [2.45, 2.75) is 6.54 Å². The van der Waals surface area contributed by atoms with Gasteiger partial charge >= 0.3 is 0 Å². The molecule has 0 aliphatic rings. The van der Waals surface area contributed by atoms with E-state index in [4.69, 9.17) is 5.26 Å². The summed E-state index contributed by atoms with van der Waals surface area (Å²) in [5, 5.41) is 13.6. The molecule has 0 spiro atoms. The quantitative estimate of drug-likeness (QED) is 0.880. The first-order valence-electron chi connectivity index (χ1n) is 4.75. The minimum absolute atomic E-state index is 0.242. The molecule has 0 bridgehead atoms. The number of hydrogen-bond acceptors (Lipinski definition) is 3. The summed E-state index contributed by atoms with van der Waals surface area (Å²) in [5.41, 5.74) is 1.55. The van der Waals surface area contributed by atoms with Crippen molar-refractivity contribution in [1.29, 1.82) is 5.26 Å². The lowest BCUT2D eigenvalue weighted by molar-refractivity contribution is 0.628. The number of anilines is 1. The van der Waals surface area contributed by atoms with E-state index in [0.29, 0.717) is 12.1 Å². The van der Waals surface area contributed by atoms with Gasteiger partial charge in [0.25, 0.3) is 0 Å². The fourth-order valence-corrected chi connectivity index (χ4v) is 2.04. The Balaban J connectivity index is 1.97. The van der Waals surface area contributed by atoms with Gasteiger partial charge in [0.05, 0.1) is 5.56 Å². The first-order chi connectivity index (χ1) is 7.78. The summed E-state index contributed by atoms with van der Waals surface area (Å²) >= 11 is 1.54. The molecule has 0 radical (unpaired) electrons. The Kier molecular flexibility index (Phi) is 3.18. The summed E-state index contributed by atoms with van der Waals surface area (Å²) in [6.45, 7) is 0.651. The molecule has 0 amide bonds. The van der Waals surface area contributed by atoms with Gasteiger partial charge < -0.3 is 5.32 Å². The van der Waals surface area contributed by atoms with Gasteiger partial charge in [-0.25, -0.2) is 4.39 Å². The number of hydrogen-bond donors (Lipinski definition) is 1. The maximum atomic E-state index is 12.6. The lowest BCUT2D eigenvalue weighted by Gasteiger charge is -2.03. The van der Waals surface area contributed by atoms with Crippen molar-refractivity contribution in [3.05, 3.63) is 52.0 Å². The van der Waals surface area contributed by atoms with Crippen LogP contribution in [0.3, 0.4) is 0 Å². The average molecular weight is 232 g/mol. The second kappa shape index (κ2) is 4.77. The van der Waals surface area contributed by atoms with Crippen LogP contribution in [0.25, 0.3) is 0 Å². The fraction of sp³-hybridized carbons (Fsp3) is 0.0833.